The lowest BCUT2D eigenvalue weighted by Crippen LogP contribution is -3.00. The standard InChI is InChI=1S/C37H34N4.HI/c1-38-30-18-8-4-14-26(30)24-34-36(38)28-16-6-10-20-32(28)40(34)22-12-3-13-23-41-33-21-11-7-17-29(33)37-35(41)25-27-15-5-9-19-31(27)39(37)2;/h4-11,14-21,24-25H,3,12-13,22-23H2,1-2H3;1H/q+2;/p-1. The van der Waals surface area contributed by atoms with Crippen LogP contribution in [0.5, 0.6) is 0 Å². The molecule has 4 aromatic heterocycles. The van der Waals surface area contributed by atoms with Crippen LogP contribution in [0.15, 0.2) is 109 Å². The second kappa shape index (κ2) is 10.7. The van der Waals surface area contributed by atoms with Gasteiger partial charge in [-0.25, -0.2) is 0 Å². The fourth-order valence-electron chi connectivity index (χ4n) is 7.17. The van der Waals surface area contributed by atoms with Gasteiger partial charge in [-0.1, -0.05) is 48.5 Å². The van der Waals surface area contributed by atoms with Crippen LogP contribution in [-0.4, -0.2) is 9.13 Å². The van der Waals surface area contributed by atoms with Gasteiger partial charge >= 0.3 is 0 Å². The Morgan fingerprint density at radius 3 is 1.36 bits per heavy atom. The molecule has 0 saturated carbocycles. The molecule has 5 heteroatoms. The predicted octanol–water partition coefficient (Wildman–Crippen LogP) is 4.73. The van der Waals surface area contributed by atoms with E-state index in [1.165, 1.54) is 72.1 Å². The van der Waals surface area contributed by atoms with E-state index in [0.717, 1.165) is 25.9 Å². The van der Waals surface area contributed by atoms with Gasteiger partial charge in [0.2, 0.25) is 22.1 Å². The van der Waals surface area contributed by atoms with Gasteiger partial charge in [0, 0.05) is 36.0 Å². The summed E-state index contributed by atoms with van der Waals surface area (Å²) in [4.78, 5) is 0. The fourth-order valence-corrected chi connectivity index (χ4v) is 7.17. The van der Waals surface area contributed by atoms with E-state index in [2.05, 4.69) is 142 Å². The molecule has 8 rings (SSSR count). The molecule has 0 fully saturated rings. The van der Waals surface area contributed by atoms with Gasteiger partial charge in [-0.05, 0) is 67.8 Å². The molecular weight excluding hydrogens is 627 g/mol. The largest absolute Gasteiger partial charge is 1.00 e. The minimum atomic E-state index is 0. The van der Waals surface area contributed by atoms with Crippen molar-refractivity contribution >= 4 is 65.7 Å². The summed E-state index contributed by atoms with van der Waals surface area (Å²) in [7, 11) is 4.41. The molecule has 0 spiro atoms. The molecule has 4 heterocycles. The zero-order valence-corrected chi connectivity index (χ0v) is 26.3. The number of rotatable bonds is 6. The van der Waals surface area contributed by atoms with Crippen molar-refractivity contribution in [3.63, 3.8) is 0 Å². The Kier molecular flexibility index (Phi) is 6.85. The third-order valence-corrected chi connectivity index (χ3v) is 9.08. The highest BCUT2D eigenvalue weighted by molar-refractivity contribution is 6.07. The summed E-state index contributed by atoms with van der Waals surface area (Å²) in [6.45, 7) is 2.05. The number of para-hydroxylation sites is 4. The van der Waals surface area contributed by atoms with E-state index in [1.54, 1.807) is 0 Å². The average molecular weight is 662 g/mol. The highest BCUT2D eigenvalue weighted by Gasteiger charge is 2.22. The van der Waals surface area contributed by atoms with E-state index < -0.39 is 0 Å². The molecular formula is C37H34IN4+. The first-order valence-corrected chi connectivity index (χ1v) is 14.8. The van der Waals surface area contributed by atoms with Crippen molar-refractivity contribution in [3.05, 3.63) is 109 Å². The highest BCUT2D eigenvalue weighted by atomic mass is 127. The smallest absolute Gasteiger partial charge is 0.238 e. The van der Waals surface area contributed by atoms with Crippen LogP contribution in [0, 0.1) is 0 Å². The summed E-state index contributed by atoms with van der Waals surface area (Å²) in [5.41, 5.74) is 10.5. The lowest BCUT2D eigenvalue weighted by molar-refractivity contribution is -0.617. The van der Waals surface area contributed by atoms with E-state index in [0.29, 0.717) is 0 Å². The second-order valence-electron chi connectivity index (χ2n) is 11.4. The number of halogens is 1. The minimum Gasteiger partial charge on any atom is -1.00 e. The summed E-state index contributed by atoms with van der Waals surface area (Å²) in [6.07, 6.45) is 3.48. The van der Waals surface area contributed by atoms with Crippen LogP contribution in [0.2, 0.25) is 0 Å². The van der Waals surface area contributed by atoms with Crippen molar-refractivity contribution in [2.24, 2.45) is 14.1 Å². The zero-order valence-electron chi connectivity index (χ0n) is 24.1. The predicted molar refractivity (Wildman–Crippen MR) is 170 cm³/mol. The summed E-state index contributed by atoms with van der Waals surface area (Å²) >= 11 is 0. The minimum absolute atomic E-state index is 0. The van der Waals surface area contributed by atoms with Gasteiger partial charge < -0.3 is 33.1 Å². The van der Waals surface area contributed by atoms with E-state index >= 15 is 0 Å². The van der Waals surface area contributed by atoms with Crippen LogP contribution < -0.4 is 33.1 Å². The number of aromatic nitrogens is 4. The molecule has 0 aliphatic heterocycles. The third kappa shape index (κ3) is 4.09. The van der Waals surface area contributed by atoms with Gasteiger partial charge in [0.15, 0.2) is 0 Å². The number of benzene rings is 4. The molecule has 42 heavy (non-hydrogen) atoms. The summed E-state index contributed by atoms with van der Waals surface area (Å²) in [5, 5.41) is 5.25. The van der Waals surface area contributed by atoms with E-state index in [4.69, 9.17) is 0 Å². The van der Waals surface area contributed by atoms with Crippen molar-refractivity contribution in [1.29, 1.82) is 0 Å². The Morgan fingerprint density at radius 2 is 0.881 bits per heavy atom. The SMILES string of the molecule is C[n+]1c2ccccc2cc2c1c1ccccc1n2CCCCCn1c2ccccc2c2c1cc1ccccc1[n+]2C.[I-]. The number of hydrogen-bond acceptors (Lipinski definition) is 0. The Balaban J connectivity index is 0.00000288. The molecule has 4 nitrogen and oxygen atoms in total. The first-order chi connectivity index (χ1) is 20.2. The maximum Gasteiger partial charge on any atom is 0.238 e. The number of pyridine rings is 2. The monoisotopic (exact) mass is 661 g/mol. The molecule has 208 valence electrons. The maximum absolute atomic E-state index is 2.55. The van der Waals surface area contributed by atoms with Crippen molar-refractivity contribution < 1.29 is 33.1 Å². The quantitative estimate of drug-likeness (QED) is 0.139. The molecule has 0 bridgehead atoms. The van der Waals surface area contributed by atoms with E-state index in [1.807, 2.05) is 0 Å². The molecule has 8 aromatic rings. The van der Waals surface area contributed by atoms with Gasteiger partial charge in [0.25, 0.3) is 0 Å². The normalized spacial score (nSPS) is 11.9. The van der Waals surface area contributed by atoms with Crippen LogP contribution in [0.25, 0.3) is 65.7 Å². The molecule has 0 aliphatic rings. The summed E-state index contributed by atoms with van der Waals surface area (Å²) in [5.74, 6) is 0. The maximum atomic E-state index is 2.55. The Hall–Kier alpha value is -3.97. The Labute approximate surface area is 262 Å². The van der Waals surface area contributed by atoms with Crippen molar-refractivity contribution in [2.75, 3.05) is 0 Å². The van der Waals surface area contributed by atoms with Crippen LogP contribution in [0.4, 0.5) is 0 Å². The molecule has 4 aromatic carbocycles. The van der Waals surface area contributed by atoms with Crippen LogP contribution in [0.1, 0.15) is 19.3 Å². The molecule has 0 amide bonds. The Bertz CT molecular complexity index is 2110. The van der Waals surface area contributed by atoms with Crippen LogP contribution >= 0.6 is 0 Å². The van der Waals surface area contributed by atoms with E-state index in [-0.39, 0.29) is 24.0 Å². The zero-order chi connectivity index (χ0) is 27.5. The summed E-state index contributed by atoms with van der Waals surface area (Å²) < 4.78 is 9.83. The van der Waals surface area contributed by atoms with Gasteiger partial charge in [-0.3, -0.25) is 0 Å². The molecule has 0 radical (unpaired) electrons. The topological polar surface area (TPSA) is 17.6 Å². The number of unbranched alkanes of at least 4 members (excludes halogenated alkanes) is 2. The van der Waals surface area contributed by atoms with E-state index in [9.17, 15) is 0 Å². The van der Waals surface area contributed by atoms with Gasteiger partial charge in [-0.2, -0.15) is 9.13 Å². The molecule has 0 aliphatic carbocycles. The fraction of sp³-hybridized carbons (Fsp3) is 0.189. The molecule has 0 saturated heterocycles. The van der Waals surface area contributed by atoms with Crippen molar-refractivity contribution in [2.45, 2.75) is 32.4 Å². The molecule has 0 N–H and O–H groups in total. The number of nitrogens with zero attached hydrogens (tertiary/aromatic N) is 4. The van der Waals surface area contributed by atoms with Crippen molar-refractivity contribution in [3.8, 4) is 0 Å². The molecule has 0 atom stereocenters. The lowest BCUT2D eigenvalue weighted by Gasteiger charge is -2.09. The lowest BCUT2D eigenvalue weighted by atomic mass is 10.1. The first-order valence-electron chi connectivity index (χ1n) is 14.8. The van der Waals surface area contributed by atoms with Gasteiger partial charge in [0.1, 0.15) is 25.1 Å². The first kappa shape index (κ1) is 26.9. The van der Waals surface area contributed by atoms with Crippen molar-refractivity contribution in [1.82, 2.24) is 9.13 Å². The average Bonchev–Trinajstić information content (AvgIpc) is 3.50. The van der Waals surface area contributed by atoms with Gasteiger partial charge in [0.05, 0.1) is 21.8 Å². The second-order valence-corrected chi connectivity index (χ2v) is 11.4. The number of aryl methyl sites for hydroxylation is 4. The molecule has 0 unspecified atom stereocenters. The number of hydrogen-bond donors (Lipinski definition) is 0. The Morgan fingerprint density at radius 1 is 0.476 bits per heavy atom. The van der Waals surface area contributed by atoms with Gasteiger partial charge in [-0.15, -0.1) is 0 Å². The highest BCUT2D eigenvalue weighted by Crippen LogP contribution is 2.31. The summed E-state index contributed by atoms with van der Waals surface area (Å²) in [6, 6.07) is 40.0. The number of fused-ring (bicyclic) bond motifs is 8. The van der Waals surface area contributed by atoms with Crippen LogP contribution in [0.3, 0.4) is 0 Å². The third-order valence-electron chi connectivity index (χ3n) is 9.08. The van der Waals surface area contributed by atoms with Crippen LogP contribution in [-0.2, 0) is 27.2 Å².